The van der Waals surface area contributed by atoms with Crippen LogP contribution in [0.3, 0.4) is 0 Å². The highest BCUT2D eigenvalue weighted by Crippen LogP contribution is 2.04. The molecule has 18 heavy (non-hydrogen) atoms. The van der Waals surface area contributed by atoms with E-state index in [0.29, 0.717) is 5.69 Å². The third kappa shape index (κ3) is 3.84. The van der Waals surface area contributed by atoms with E-state index < -0.39 is 21.8 Å². The number of nitro groups is 1. The summed E-state index contributed by atoms with van der Waals surface area (Å²) in [6.45, 7) is 0. The standard InChI is InChI=1S/C8H6N4O6/c13-8(18-12(16)17)7(11(14)15)10-9-6-4-2-1-3-5-6/h1-5,9H. The Kier molecular flexibility index (Phi) is 4.26. The van der Waals surface area contributed by atoms with Gasteiger partial charge in [0, 0.05) is 0 Å². The molecule has 0 aliphatic rings. The molecular weight excluding hydrogens is 248 g/mol. The quantitative estimate of drug-likeness (QED) is 0.357. The van der Waals surface area contributed by atoms with E-state index in [1.165, 1.54) is 12.1 Å². The Labute approximate surface area is 99.1 Å². The van der Waals surface area contributed by atoms with Gasteiger partial charge in [0.1, 0.15) is 0 Å². The van der Waals surface area contributed by atoms with Crippen LogP contribution in [0.4, 0.5) is 5.69 Å². The summed E-state index contributed by atoms with van der Waals surface area (Å²) in [4.78, 5) is 33.5. The first-order chi connectivity index (χ1) is 8.50. The monoisotopic (exact) mass is 254 g/mol. The molecule has 0 saturated heterocycles. The first-order valence-corrected chi connectivity index (χ1v) is 4.40. The third-order valence-corrected chi connectivity index (χ3v) is 1.58. The molecule has 94 valence electrons. The average molecular weight is 254 g/mol. The minimum absolute atomic E-state index is 0.366. The highest BCUT2D eigenvalue weighted by molar-refractivity contribution is 6.31. The largest absolute Gasteiger partial charge is 0.459 e. The summed E-state index contributed by atoms with van der Waals surface area (Å²) in [6, 6.07) is 8.00. The molecule has 0 atom stereocenters. The van der Waals surface area contributed by atoms with E-state index >= 15 is 0 Å². The number of para-hydroxylation sites is 1. The van der Waals surface area contributed by atoms with Gasteiger partial charge in [-0.15, -0.1) is 10.1 Å². The molecule has 1 rings (SSSR count). The van der Waals surface area contributed by atoms with Gasteiger partial charge in [0.05, 0.1) is 10.8 Å². The number of hydrogen-bond donors (Lipinski definition) is 1. The molecule has 0 fully saturated rings. The number of nitrogens with one attached hydrogen (secondary N) is 1. The lowest BCUT2D eigenvalue weighted by Gasteiger charge is -1.97. The van der Waals surface area contributed by atoms with Crippen LogP contribution in [0.15, 0.2) is 35.4 Å². The summed E-state index contributed by atoms with van der Waals surface area (Å²) < 4.78 is 0. The van der Waals surface area contributed by atoms with Crippen LogP contribution in [0, 0.1) is 20.2 Å². The van der Waals surface area contributed by atoms with Gasteiger partial charge in [0.2, 0.25) is 0 Å². The zero-order valence-corrected chi connectivity index (χ0v) is 8.68. The van der Waals surface area contributed by atoms with Crippen molar-refractivity contribution in [3.63, 3.8) is 0 Å². The smallest absolute Gasteiger partial charge is 0.358 e. The van der Waals surface area contributed by atoms with Gasteiger partial charge in [-0.1, -0.05) is 18.2 Å². The SMILES string of the molecule is O=C(O[N+](=O)[O-])C(=NNc1ccccc1)[N+](=O)[O-]. The van der Waals surface area contributed by atoms with Crippen LogP contribution in [-0.4, -0.2) is 21.8 Å². The molecule has 0 saturated carbocycles. The second kappa shape index (κ2) is 5.89. The number of amidine groups is 1. The molecule has 10 heteroatoms. The van der Waals surface area contributed by atoms with E-state index in [9.17, 15) is 25.0 Å². The third-order valence-electron chi connectivity index (χ3n) is 1.58. The molecule has 10 nitrogen and oxygen atoms in total. The summed E-state index contributed by atoms with van der Waals surface area (Å²) in [5, 5.41) is 22.0. The number of hydrogen-bond acceptors (Lipinski definition) is 8. The van der Waals surface area contributed by atoms with Crippen molar-refractivity contribution in [2.75, 3.05) is 5.43 Å². The van der Waals surface area contributed by atoms with Gasteiger partial charge >= 0.3 is 16.9 Å². The summed E-state index contributed by atoms with van der Waals surface area (Å²) in [5.74, 6) is -3.09. The van der Waals surface area contributed by atoms with Gasteiger partial charge in [-0.3, -0.25) is 4.79 Å². The summed E-state index contributed by atoms with van der Waals surface area (Å²) in [6.07, 6.45) is 0. The van der Waals surface area contributed by atoms with E-state index in [0.717, 1.165) is 0 Å². The molecule has 0 spiro atoms. The second-order valence-corrected chi connectivity index (χ2v) is 2.77. The molecular formula is C8H6N4O6. The average Bonchev–Trinajstić information content (AvgIpc) is 2.29. The molecule has 0 aromatic heterocycles. The van der Waals surface area contributed by atoms with E-state index in [1.807, 2.05) is 0 Å². The van der Waals surface area contributed by atoms with Gasteiger partial charge in [-0.25, -0.2) is 4.84 Å². The van der Waals surface area contributed by atoms with Crippen molar-refractivity contribution in [2.24, 2.45) is 5.10 Å². The number of rotatable bonds is 3. The molecule has 1 aromatic rings. The Morgan fingerprint density at radius 3 is 2.33 bits per heavy atom. The van der Waals surface area contributed by atoms with Gasteiger partial charge in [-0.05, 0) is 17.1 Å². The first kappa shape index (κ1) is 13.0. The van der Waals surface area contributed by atoms with Gasteiger partial charge in [0.25, 0.3) is 0 Å². The Hall–Kier alpha value is -3.04. The maximum atomic E-state index is 10.9. The number of carbonyl (C=O) groups excluding carboxylic acids is 1. The summed E-state index contributed by atoms with van der Waals surface area (Å²) in [5.41, 5.74) is 2.57. The van der Waals surface area contributed by atoms with Crippen LogP contribution >= 0.6 is 0 Å². The molecule has 1 N–H and O–H groups in total. The number of benzene rings is 1. The van der Waals surface area contributed by atoms with Crippen LogP contribution in [0.25, 0.3) is 0 Å². The van der Waals surface area contributed by atoms with Gasteiger partial charge < -0.3 is 10.1 Å². The van der Waals surface area contributed by atoms with Crippen molar-refractivity contribution in [3.05, 3.63) is 50.6 Å². The van der Waals surface area contributed by atoms with E-state index in [1.54, 1.807) is 18.2 Å². The van der Waals surface area contributed by atoms with Crippen LogP contribution in [0.5, 0.6) is 0 Å². The van der Waals surface area contributed by atoms with Crippen molar-refractivity contribution in [3.8, 4) is 0 Å². The number of nitrogens with zero attached hydrogens (tertiary/aromatic N) is 3. The molecule has 0 aliphatic carbocycles. The van der Waals surface area contributed by atoms with Crippen molar-refractivity contribution in [1.82, 2.24) is 0 Å². The van der Waals surface area contributed by atoms with Crippen LogP contribution in [-0.2, 0) is 9.63 Å². The molecule has 0 heterocycles. The maximum absolute atomic E-state index is 10.9. The van der Waals surface area contributed by atoms with Crippen molar-refractivity contribution in [2.45, 2.75) is 0 Å². The summed E-state index contributed by atoms with van der Waals surface area (Å²) in [7, 11) is 0. The zero-order valence-electron chi connectivity index (χ0n) is 8.68. The Balaban J connectivity index is 2.82. The lowest BCUT2D eigenvalue weighted by atomic mass is 10.3. The lowest BCUT2D eigenvalue weighted by Crippen LogP contribution is -2.28. The van der Waals surface area contributed by atoms with Crippen LogP contribution in [0.2, 0.25) is 0 Å². The molecule has 1 aromatic carbocycles. The Morgan fingerprint density at radius 1 is 1.22 bits per heavy atom. The van der Waals surface area contributed by atoms with Crippen molar-refractivity contribution >= 4 is 17.5 Å². The van der Waals surface area contributed by atoms with Crippen molar-refractivity contribution in [1.29, 1.82) is 0 Å². The van der Waals surface area contributed by atoms with Gasteiger partial charge in [-0.2, -0.15) is 5.43 Å². The van der Waals surface area contributed by atoms with E-state index in [4.69, 9.17) is 0 Å². The fourth-order valence-corrected chi connectivity index (χ4v) is 0.900. The predicted molar refractivity (Wildman–Crippen MR) is 57.6 cm³/mol. The minimum atomic E-state index is -1.77. The second-order valence-electron chi connectivity index (χ2n) is 2.77. The highest BCUT2D eigenvalue weighted by Gasteiger charge is 2.28. The Bertz CT molecular complexity index is 500. The van der Waals surface area contributed by atoms with Gasteiger partial charge in [0.15, 0.2) is 0 Å². The molecule has 0 bridgehead atoms. The van der Waals surface area contributed by atoms with E-state index in [-0.39, 0.29) is 0 Å². The van der Waals surface area contributed by atoms with E-state index in [2.05, 4.69) is 15.4 Å². The number of carbonyl (C=O) groups is 1. The molecule has 0 unspecified atom stereocenters. The zero-order chi connectivity index (χ0) is 13.5. The normalized spacial score (nSPS) is 10.6. The fraction of sp³-hybridized carbons (Fsp3) is 0. The molecule has 0 aliphatic heterocycles. The maximum Gasteiger partial charge on any atom is 0.459 e. The lowest BCUT2D eigenvalue weighted by molar-refractivity contribution is -0.728. The highest BCUT2D eigenvalue weighted by atomic mass is 17.0. The summed E-state index contributed by atoms with van der Waals surface area (Å²) >= 11 is 0. The molecule has 0 radical (unpaired) electrons. The van der Waals surface area contributed by atoms with Crippen LogP contribution < -0.4 is 5.43 Å². The fourth-order valence-electron chi connectivity index (χ4n) is 0.900. The predicted octanol–water partition coefficient (Wildman–Crippen LogP) is 0.424. The number of anilines is 1. The van der Waals surface area contributed by atoms with Crippen LogP contribution in [0.1, 0.15) is 0 Å². The molecule has 0 amide bonds. The topological polar surface area (TPSA) is 137 Å². The number of hydrazone groups is 1. The Morgan fingerprint density at radius 2 is 1.83 bits per heavy atom. The van der Waals surface area contributed by atoms with Crippen molar-refractivity contribution < 1.29 is 19.6 Å². The first-order valence-electron chi connectivity index (χ1n) is 4.40. The minimum Gasteiger partial charge on any atom is -0.358 e.